The summed E-state index contributed by atoms with van der Waals surface area (Å²) in [5.41, 5.74) is 1.30. The summed E-state index contributed by atoms with van der Waals surface area (Å²) in [6.45, 7) is 0. The van der Waals surface area contributed by atoms with Gasteiger partial charge in [-0.2, -0.15) is 0 Å². The number of carbonyl (C=O) groups is 1. The van der Waals surface area contributed by atoms with Gasteiger partial charge in [0.2, 0.25) is 5.91 Å². The zero-order valence-electron chi connectivity index (χ0n) is 9.94. The van der Waals surface area contributed by atoms with Crippen LogP contribution in [0.2, 0.25) is 5.02 Å². The van der Waals surface area contributed by atoms with Crippen molar-refractivity contribution in [1.82, 2.24) is 0 Å². The first-order valence-electron chi connectivity index (χ1n) is 5.64. The van der Waals surface area contributed by atoms with E-state index in [1.54, 1.807) is 6.08 Å². The average Bonchev–Trinajstić information content (AvgIpc) is 2.41. The topological polar surface area (TPSA) is 29.1 Å². The molecule has 1 N–H and O–H groups in total. The number of halogens is 2. The summed E-state index contributed by atoms with van der Waals surface area (Å²) in [6.07, 6.45) is 3.09. The molecule has 0 saturated heterocycles. The monoisotopic (exact) mass is 275 g/mol. The van der Waals surface area contributed by atoms with E-state index in [0.717, 1.165) is 11.6 Å². The predicted molar refractivity (Wildman–Crippen MR) is 75.5 cm³/mol. The molecule has 0 spiro atoms. The van der Waals surface area contributed by atoms with Crippen LogP contribution in [0.5, 0.6) is 0 Å². The molecule has 0 fully saturated rings. The van der Waals surface area contributed by atoms with Gasteiger partial charge in [0.25, 0.3) is 0 Å². The molecule has 0 aliphatic carbocycles. The maximum absolute atomic E-state index is 12.8. The third-order valence-electron chi connectivity index (χ3n) is 2.42. The van der Waals surface area contributed by atoms with E-state index in [1.807, 2.05) is 30.3 Å². The zero-order valence-corrected chi connectivity index (χ0v) is 10.7. The second-order valence-electron chi connectivity index (χ2n) is 3.86. The Hall–Kier alpha value is -2.13. The van der Waals surface area contributed by atoms with Crippen LogP contribution < -0.4 is 5.32 Å². The highest BCUT2D eigenvalue weighted by molar-refractivity contribution is 6.33. The highest BCUT2D eigenvalue weighted by Gasteiger charge is 2.04. The smallest absolute Gasteiger partial charge is 0.248 e. The van der Waals surface area contributed by atoms with E-state index in [2.05, 4.69) is 5.32 Å². The molecule has 2 rings (SSSR count). The Morgan fingerprint density at radius 2 is 1.89 bits per heavy atom. The van der Waals surface area contributed by atoms with Crippen LogP contribution in [-0.2, 0) is 4.79 Å². The van der Waals surface area contributed by atoms with Gasteiger partial charge in [0.1, 0.15) is 5.82 Å². The molecule has 0 heterocycles. The molecule has 0 radical (unpaired) electrons. The van der Waals surface area contributed by atoms with Crippen molar-refractivity contribution in [2.45, 2.75) is 0 Å². The molecule has 1 amide bonds. The van der Waals surface area contributed by atoms with E-state index in [4.69, 9.17) is 11.6 Å². The number of benzene rings is 2. The maximum Gasteiger partial charge on any atom is 0.248 e. The number of nitrogens with one attached hydrogen (secondary N) is 1. The van der Waals surface area contributed by atoms with Gasteiger partial charge in [0, 0.05) is 6.08 Å². The number of hydrogen-bond donors (Lipinski definition) is 1. The lowest BCUT2D eigenvalue weighted by Gasteiger charge is -2.04. The van der Waals surface area contributed by atoms with Gasteiger partial charge in [-0.1, -0.05) is 41.9 Å². The summed E-state index contributed by atoms with van der Waals surface area (Å²) < 4.78 is 12.8. The van der Waals surface area contributed by atoms with Crippen molar-refractivity contribution in [3.05, 3.63) is 71.0 Å². The first-order chi connectivity index (χ1) is 9.15. The lowest BCUT2D eigenvalue weighted by Crippen LogP contribution is -2.08. The molecule has 0 unspecified atom stereocenters. The van der Waals surface area contributed by atoms with Crippen molar-refractivity contribution in [2.24, 2.45) is 0 Å². The average molecular weight is 276 g/mol. The van der Waals surface area contributed by atoms with Gasteiger partial charge in [-0.15, -0.1) is 0 Å². The molecular formula is C15H11ClFNO. The molecule has 4 heteroatoms. The van der Waals surface area contributed by atoms with E-state index in [9.17, 15) is 9.18 Å². The van der Waals surface area contributed by atoms with Gasteiger partial charge in [-0.3, -0.25) is 4.79 Å². The van der Waals surface area contributed by atoms with E-state index in [1.165, 1.54) is 18.2 Å². The molecule has 2 aromatic rings. The molecule has 96 valence electrons. The number of anilines is 1. The van der Waals surface area contributed by atoms with Crippen LogP contribution in [0.4, 0.5) is 10.1 Å². The van der Waals surface area contributed by atoms with Crippen LogP contribution in [0.25, 0.3) is 6.08 Å². The summed E-state index contributed by atoms with van der Waals surface area (Å²) in [5, 5.41) is 2.75. The molecule has 0 saturated carbocycles. The van der Waals surface area contributed by atoms with Gasteiger partial charge in [0.05, 0.1) is 10.7 Å². The number of rotatable bonds is 3. The minimum Gasteiger partial charge on any atom is -0.321 e. The Balaban J connectivity index is 2.04. The van der Waals surface area contributed by atoms with Crippen molar-refractivity contribution < 1.29 is 9.18 Å². The third-order valence-corrected chi connectivity index (χ3v) is 2.73. The maximum atomic E-state index is 12.8. The molecule has 0 aliphatic rings. The Morgan fingerprint density at radius 3 is 2.58 bits per heavy atom. The zero-order chi connectivity index (χ0) is 13.7. The fourth-order valence-corrected chi connectivity index (χ4v) is 1.72. The highest BCUT2D eigenvalue weighted by Crippen LogP contribution is 2.22. The van der Waals surface area contributed by atoms with Crippen LogP contribution >= 0.6 is 11.6 Å². The number of hydrogen-bond acceptors (Lipinski definition) is 1. The van der Waals surface area contributed by atoms with Crippen molar-refractivity contribution in [3.8, 4) is 0 Å². The summed E-state index contributed by atoms with van der Waals surface area (Å²) >= 11 is 5.81. The Labute approximate surface area is 115 Å². The molecule has 19 heavy (non-hydrogen) atoms. The molecule has 0 aliphatic heterocycles. The van der Waals surface area contributed by atoms with E-state index in [-0.39, 0.29) is 10.9 Å². The highest BCUT2D eigenvalue weighted by atomic mass is 35.5. The summed E-state index contributed by atoms with van der Waals surface area (Å²) in [6, 6.07) is 13.2. The van der Waals surface area contributed by atoms with E-state index < -0.39 is 5.82 Å². The quantitative estimate of drug-likeness (QED) is 0.839. The predicted octanol–water partition coefficient (Wildman–Crippen LogP) is 4.13. The second-order valence-corrected chi connectivity index (χ2v) is 4.26. The summed E-state index contributed by atoms with van der Waals surface area (Å²) in [4.78, 5) is 11.7. The van der Waals surface area contributed by atoms with Crippen LogP contribution in [-0.4, -0.2) is 5.91 Å². The van der Waals surface area contributed by atoms with E-state index in [0.29, 0.717) is 5.69 Å². The van der Waals surface area contributed by atoms with Crippen molar-refractivity contribution in [2.75, 3.05) is 5.32 Å². The third kappa shape index (κ3) is 3.93. The van der Waals surface area contributed by atoms with Crippen LogP contribution in [0, 0.1) is 5.82 Å². The Bertz CT molecular complexity index is 611. The standard InChI is InChI=1S/C15H11ClFNO/c16-13-10-12(17)7-8-14(13)18-15(19)9-6-11-4-2-1-3-5-11/h1-10H,(H,18,19). The summed E-state index contributed by atoms with van der Waals surface area (Å²) in [7, 11) is 0. The SMILES string of the molecule is O=C(C=Cc1ccccc1)Nc1ccc(F)cc1Cl. The lowest BCUT2D eigenvalue weighted by molar-refractivity contribution is -0.111. The van der Waals surface area contributed by atoms with Crippen LogP contribution in [0.1, 0.15) is 5.56 Å². The normalized spacial score (nSPS) is 10.6. The fourth-order valence-electron chi connectivity index (χ4n) is 1.50. The Morgan fingerprint density at radius 1 is 1.16 bits per heavy atom. The first kappa shape index (κ1) is 13.3. The van der Waals surface area contributed by atoms with Gasteiger partial charge < -0.3 is 5.32 Å². The Kier molecular flexibility index (Phi) is 4.31. The van der Waals surface area contributed by atoms with Crippen molar-refractivity contribution in [3.63, 3.8) is 0 Å². The molecule has 0 atom stereocenters. The number of carbonyl (C=O) groups excluding carboxylic acids is 1. The lowest BCUT2D eigenvalue weighted by atomic mass is 10.2. The van der Waals surface area contributed by atoms with Gasteiger partial charge in [-0.25, -0.2) is 4.39 Å². The molecular weight excluding hydrogens is 265 g/mol. The summed E-state index contributed by atoms with van der Waals surface area (Å²) in [5.74, 6) is -0.764. The molecule has 2 nitrogen and oxygen atoms in total. The van der Waals surface area contributed by atoms with Gasteiger partial charge in [0.15, 0.2) is 0 Å². The minimum atomic E-state index is -0.442. The molecule has 0 bridgehead atoms. The van der Waals surface area contributed by atoms with E-state index >= 15 is 0 Å². The van der Waals surface area contributed by atoms with Gasteiger partial charge >= 0.3 is 0 Å². The number of amides is 1. The minimum absolute atomic E-state index is 0.168. The molecule has 0 aromatic heterocycles. The molecule has 2 aromatic carbocycles. The second kappa shape index (κ2) is 6.16. The van der Waals surface area contributed by atoms with Gasteiger partial charge in [-0.05, 0) is 29.8 Å². The van der Waals surface area contributed by atoms with Crippen molar-refractivity contribution >= 4 is 29.3 Å². The van der Waals surface area contributed by atoms with Crippen LogP contribution in [0.3, 0.4) is 0 Å². The van der Waals surface area contributed by atoms with Crippen LogP contribution in [0.15, 0.2) is 54.6 Å². The van der Waals surface area contributed by atoms with Crippen molar-refractivity contribution in [1.29, 1.82) is 0 Å². The fraction of sp³-hybridized carbons (Fsp3) is 0. The first-order valence-corrected chi connectivity index (χ1v) is 6.02. The largest absolute Gasteiger partial charge is 0.321 e.